The molecular weight excluding hydrogens is 348 g/mol. The summed E-state index contributed by atoms with van der Waals surface area (Å²) in [5.41, 5.74) is 3.08. The monoisotopic (exact) mass is 368 g/mol. The molecule has 1 aromatic carbocycles. The van der Waals surface area contributed by atoms with Crippen LogP contribution in [0.2, 0.25) is 5.15 Å². The zero-order chi connectivity index (χ0) is 18.1. The lowest BCUT2D eigenvalue weighted by Gasteiger charge is -2.33. The Labute approximate surface area is 157 Å². The summed E-state index contributed by atoms with van der Waals surface area (Å²) in [5.74, 6) is 0.316. The molecule has 0 saturated carbocycles. The first-order valence-corrected chi connectivity index (χ1v) is 9.41. The zero-order valence-electron chi connectivity index (χ0n) is 14.7. The fourth-order valence-electron chi connectivity index (χ4n) is 3.97. The van der Waals surface area contributed by atoms with Crippen LogP contribution in [0.4, 0.5) is 0 Å². The molecule has 3 aromatic rings. The van der Waals surface area contributed by atoms with Crippen molar-refractivity contribution >= 4 is 28.4 Å². The fourth-order valence-corrected chi connectivity index (χ4v) is 4.13. The van der Waals surface area contributed by atoms with Gasteiger partial charge in [-0.25, -0.2) is 0 Å². The summed E-state index contributed by atoms with van der Waals surface area (Å²) in [5, 5.41) is 9.03. The third-order valence-electron chi connectivity index (χ3n) is 5.16. The third-order valence-corrected chi connectivity index (χ3v) is 5.34. The van der Waals surface area contributed by atoms with Crippen molar-refractivity contribution in [1.29, 1.82) is 0 Å². The Kier molecular flexibility index (Phi) is 4.64. The van der Waals surface area contributed by atoms with Crippen molar-refractivity contribution in [2.45, 2.75) is 32.2 Å². The Hall–Kier alpha value is -2.40. The summed E-state index contributed by atoms with van der Waals surface area (Å²) in [7, 11) is 0. The van der Waals surface area contributed by atoms with Crippen LogP contribution in [0.15, 0.2) is 42.6 Å². The van der Waals surface area contributed by atoms with Crippen molar-refractivity contribution in [3.05, 3.63) is 59.0 Å². The van der Waals surface area contributed by atoms with E-state index in [0.29, 0.717) is 11.5 Å². The maximum atomic E-state index is 12.8. The van der Waals surface area contributed by atoms with Gasteiger partial charge in [0.1, 0.15) is 0 Å². The number of rotatable bonds is 3. The van der Waals surface area contributed by atoms with Gasteiger partial charge in [0.25, 0.3) is 5.91 Å². The quantitative estimate of drug-likeness (QED) is 0.698. The molecule has 0 radical (unpaired) electrons. The largest absolute Gasteiger partial charge is 0.345 e. The van der Waals surface area contributed by atoms with Crippen LogP contribution in [0.5, 0.6) is 0 Å². The number of halogens is 1. The fraction of sp³-hybridized carbons (Fsp3) is 0.350. The first-order chi connectivity index (χ1) is 12.7. The van der Waals surface area contributed by atoms with E-state index in [1.165, 1.54) is 22.8 Å². The topological polar surface area (TPSA) is 51.0 Å². The molecule has 1 aliphatic heterocycles. The summed E-state index contributed by atoms with van der Waals surface area (Å²) >= 11 is 5.89. The maximum Gasteiger partial charge on any atom is 0.255 e. The number of para-hydroxylation sites is 1. The molecule has 5 nitrogen and oxygen atoms in total. The van der Waals surface area contributed by atoms with Crippen LogP contribution < -0.4 is 0 Å². The highest BCUT2D eigenvalue weighted by atomic mass is 35.5. The average Bonchev–Trinajstić information content (AvgIpc) is 3.06. The standard InChI is InChI=1S/C20H21ClN4O/c1-2-25-17-8-4-3-6-14(17)10-18(25)15-7-5-9-24(13-15)20(26)16-11-19(21)23-22-12-16/h3-4,6,8,10-12,15H,2,5,7,9,13H2,1H3. The second-order valence-electron chi connectivity index (χ2n) is 6.73. The van der Waals surface area contributed by atoms with Gasteiger partial charge in [-0.2, -0.15) is 5.10 Å². The van der Waals surface area contributed by atoms with Gasteiger partial charge in [-0.1, -0.05) is 29.8 Å². The van der Waals surface area contributed by atoms with E-state index < -0.39 is 0 Å². The molecule has 0 aliphatic carbocycles. The minimum absolute atomic E-state index is 0.0225. The summed E-state index contributed by atoms with van der Waals surface area (Å²) in [6, 6.07) is 12.3. The molecule has 2 aromatic heterocycles. The number of carbonyl (C=O) groups excluding carboxylic acids is 1. The van der Waals surface area contributed by atoms with Crippen molar-refractivity contribution in [3.8, 4) is 0 Å². The summed E-state index contributed by atoms with van der Waals surface area (Å²) in [6.45, 7) is 4.58. The molecule has 6 heteroatoms. The van der Waals surface area contributed by atoms with Crippen LogP contribution in [0.25, 0.3) is 10.9 Å². The van der Waals surface area contributed by atoms with Gasteiger partial charge in [-0.15, -0.1) is 5.10 Å². The number of aryl methyl sites for hydroxylation is 1. The van der Waals surface area contributed by atoms with Crippen LogP contribution in [-0.2, 0) is 6.54 Å². The lowest BCUT2D eigenvalue weighted by atomic mass is 9.94. The SMILES string of the molecule is CCn1c(C2CCCN(C(=O)c3cnnc(Cl)c3)C2)cc2ccccc21. The van der Waals surface area contributed by atoms with Gasteiger partial charge in [0.05, 0.1) is 11.8 Å². The Morgan fingerprint density at radius 1 is 1.31 bits per heavy atom. The van der Waals surface area contributed by atoms with E-state index >= 15 is 0 Å². The number of hydrogen-bond acceptors (Lipinski definition) is 3. The second-order valence-corrected chi connectivity index (χ2v) is 7.12. The van der Waals surface area contributed by atoms with E-state index in [4.69, 9.17) is 11.6 Å². The lowest BCUT2D eigenvalue weighted by Crippen LogP contribution is -2.39. The van der Waals surface area contributed by atoms with Gasteiger partial charge >= 0.3 is 0 Å². The number of aromatic nitrogens is 3. The van der Waals surface area contributed by atoms with Gasteiger partial charge in [0.15, 0.2) is 5.15 Å². The van der Waals surface area contributed by atoms with Gasteiger partial charge in [0.2, 0.25) is 0 Å². The van der Waals surface area contributed by atoms with Crippen molar-refractivity contribution < 1.29 is 4.79 Å². The van der Waals surface area contributed by atoms with Gasteiger partial charge < -0.3 is 9.47 Å². The Bertz CT molecular complexity index is 952. The van der Waals surface area contributed by atoms with Gasteiger partial charge in [-0.3, -0.25) is 4.79 Å². The van der Waals surface area contributed by atoms with Crippen LogP contribution in [0.1, 0.15) is 41.7 Å². The molecule has 26 heavy (non-hydrogen) atoms. The summed E-state index contributed by atoms with van der Waals surface area (Å²) in [4.78, 5) is 14.8. The van der Waals surface area contributed by atoms with Crippen molar-refractivity contribution in [1.82, 2.24) is 19.7 Å². The van der Waals surface area contributed by atoms with Crippen molar-refractivity contribution in [2.75, 3.05) is 13.1 Å². The molecule has 4 rings (SSSR count). The van der Waals surface area contributed by atoms with Crippen LogP contribution >= 0.6 is 11.6 Å². The van der Waals surface area contributed by atoms with Gasteiger partial charge in [-0.05, 0) is 43.4 Å². The molecule has 0 spiro atoms. The van der Waals surface area contributed by atoms with Crippen molar-refractivity contribution in [3.63, 3.8) is 0 Å². The molecule has 3 heterocycles. The number of piperidine rings is 1. The number of fused-ring (bicyclic) bond motifs is 1. The molecular formula is C20H21ClN4O. The van der Waals surface area contributed by atoms with E-state index in [2.05, 4.69) is 52.0 Å². The highest BCUT2D eigenvalue weighted by molar-refractivity contribution is 6.29. The minimum Gasteiger partial charge on any atom is -0.345 e. The molecule has 1 fully saturated rings. The zero-order valence-corrected chi connectivity index (χ0v) is 15.5. The predicted octanol–water partition coefficient (Wildman–Crippen LogP) is 4.12. The number of carbonyl (C=O) groups is 1. The normalized spacial score (nSPS) is 17.6. The number of amides is 1. The number of benzene rings is 1. The molecule has 1 aliphatic rings. The summed E-state index contributed by atoms with van der Waals surface area (Å²) in [6.07, 6.45) is 3.57. The predicted molar refractivity (Wildman–Crippen MR) is 103 cm³/mol. The minimum atomic E-state index is -0.0225. The van der Waals surface area contributed by atoms with Crippen LogP contribution in [-0.4, -0.2) is 38.7 Å². The summed E-state index contributed by atoms with van der Waals surface area (Å²) < 4.78 is 2.37. The number of nitrogens with zero attached hydrogens (tertiary/aromatic N) is 4. The molecule has 134 valence electrons. The first-order valence-electron chi connectivity index (χ1n) is 9.03. The average molecular weight is 369 g/mol. The molecule has 1 atom stereocenters. The van der Waals surface area contributed by atoms with Crippen LogP contribution in [0.3, 0.4) is 0 Å². The number of likely N-dealkylation sites (tertiary alicyclic amines) is 1. The smallest absolute Gasteiger partial charge is 0.255 e. The maximum absolute atomic E-state index is 12.8. The van der Waals surface area contributed by atoms with Gasteiger partial charge in [0, 0.05) is 36.8 Å². The van der Waals surface area contributed by atoms with E-state index in [1.54, 1.807) is 6.07 Å². The first kappa shape index (κ1) is 17.0. The Balaban J connectivity index is 1.62. The second kappa shape index (κ2) is 7.08. The lowest BCUT2D eigenvalue weighted by molar-refractivity contribution is 0.0704. The Morgan fingerprint density at radius 2 is 2.15 bits per heavy atom. The van der Waals surface area contributed by atoms with E-state index in [9.17, 15) is 4.79 Å². The number of hydrogen-bond donors (Lipinski definition) is 0. The molecule has 1 amide bonds. The highest BCUT2D eigenvalue weighted by Crippen LogP contribution is 2.32. The third kappa shape index (κ3) is 3.07. The van der Waals surface area contributed by atoms with E-state index in [1.807, 2.05) is 4.90 Å². The van der Waals surface area contributed by atoms with Crippen LogP contribution in [0, 0.1) is 0 Å². The molecule has 1 unspecified atom stereocenters. The highest BCUT2D eigenvalue weighted by Gasteiger charge is 2.28. The molecule has 1 saturated heterocycles. The molecule has 0 N–H and O–H groups in total. The molecule has 0 bridgehead atoms. The Morgan fingerprint density at radius 3 is 2.96 bits per heavy atom. The van der Waals surface area contributed by atoms with E-state index in [0.717, 1.165) is 32.5 Å². The van der Waals surface area contributed by atoms with Crippen molar-refractivity contribution in [2.24, 2.45) is 0 Å². The van der Waals surface area contributed by atoms with E-state index in [-0.39, 0.29) is 11.1 Å².